The molecule has 0 aliphatic rings. The molecule has 0 fully saturated rings. The molecule has 0 spiro atoms. The molecule has 0 atom stereocenters. The molecule has 2 rings (SSSR count). The second kappa shape index (κ2) is 4.81. The molecule has 0 bridgehead atoms. The predicted molar refractivity (Wildman–Crippen MR) is 63.0 cm³/mol. The smallest absolute Gasteiger partial charge is 0.239 e. The third kappa shape index (κ3) is 2.52. The Balaban J connectivity index is 2.31. The molecule has 0 aliphatic heterocycles. The highest BCUT2D eigenvalue weighted by Crippen LogP contribution is 2.28. The Morgan fingerprint density at radius 3 is 2.76 bits per heavy atom. The first-order valence-electron chi connectivity index (χ1n) is 4.86. The average molecular weight is 246 g/mol. The lowest BCUT2D eigenvalue weighted by atomic mass is 10.3. The van der Waals surface area contributed by atoms with Crippen molar-refractivity contribution in [3.05, 3.63) is 46.9 Å². The summed E-state index contributed by atoms with van der Waals surface area (Å²) in [7, 11) is 0. The van der Waals surface area contributed by atoms with Crippen molar-refractivity contribution < 1.29 is 4.74 Å². The fourth-order valence-electron chi connectivity index (χ4n) is 1.21. The van der Waals surface area contributed by atoms with E-state index in [1.165, 1.54) is 12.3 Å². The second-order valence-corrected chi connectivity index (χ2v) is 3.70. The largest absolute Gasteiger partial charge is 0.436 e. The van der Waals surface area contributed by atoms with Crippen LogP contribution in [-0.2, 0) is 0 Å². The summed E-state index contributed by atoms with van der Waals surface area (Å²) in [6, 6.07) is 7.07. The van der Waals surface area contributed by atoms with Crippen molar-refractivity contribution >= 4 is 11.6 Å². The third-order valence-corrected chi connectivity index (χ3v) is 2.44. The zero-order valence-electron chi connectivity index (χ0n) is 9.01. The minimum absolute atomic E-state index is 0.204. The number of hydrogen-bond donors (Lipinski definition) is 0. The van der Waals surface area contributed by atoms with Crippen LogP contribution >= 0.6 is 11.6 Å². The molecule has 0 saturated heterocycles. The molecule has 0 saturated carbocycles. The third-order valence-electron chi connectivity index (χ3n) is 2.08. The van der Waals surface area contributed by atoms with Crippen LogP contribution in [0.4, 0.5) is 0 Å². The van der Waals surface area contributed by atoms with Crippen LogP contribution in [0.15, 0.2) is 30.6 Å². The number of nitrogens with zero attached hydrogens (tertiary/aromatic N) is 3. The van der Waals surface area contributed by atoms with E-state index in [0.29, 0.717) is 11.3 Å². The van der Waals surface area contributed by atoms with Gasteiger partial charge in [0.1, 0.15) is 16.8 Å². The Bertz CT molecular complexity index is 575. The van der Waals surface area contributed by atoms with Gasteiger partial charge in [0.05, 0.1) is 11.8 Å². The van der Waals surface area contributed by atoms with Gasteiger partial charge in [-0.3, -0.25) is 4.98 Å². The highest BCUT2D eigenvalue weighted by atomic mass is 35.5. The molecule has 0 radical (unpaired) electrons. The molecule has 84 valence electrons. The SMILES string of the molecule is Cc1ccc(Oc2nccc(C#N)c2Cl)cn1. The second-order valence-electron chi connectivity index (χ2n) is 3.33. The zero-order chi connectivity index (χ0) is 12.3. The summed E-state index contributed by atoms with van der Waals surface area (Å²) in [4.78, 5) is 8.06. The van der Waals surface area contributed by atoms with Gasteiger partial charge in [-0.15, -0.1) is 0 Å². The van der Waals surface area contributed by atoms with Crippen molar-refractivity contribution in [1.82, 2.24) is 9.97 Å². The zero-order valence-corrected chi connectivity index (χ0v) is 9.77. The summed E-state index contributed by atoms with van der Waals surface area (Å²) in [5, 5.41) is 9.02. The van der Waals surface area contributed by atoms with Gasteiger partial charge in [0, 0.05) is 11.9 Å². The fourth-order valence-corrected chi connectivity index (χ4v) is 1.40. The molecule has 0 N–H and O–H groups in total. The Labute approximate surface area is 103 Å². The molecule has 2 aromatic heterocycles. The van der Waals surface area contributed by atoms with Gasteiger partial charge < -0.3 is 4.74 Å². The van der Waals surface area contributed by atoms with E-state index >= 15 is 0 Å². The van der Waals surface area contributed by atoms with E-state index in [0.717, 1.165) is 5.69 Å². The standard InChI is InChI=1S/C12H8ClN3O/c1-8-2-3-10(7-16-8)17-12-11(13)9(6-14)4-5-15-12/h2-5,7H,1H3. The summed E-state index contributed by atoms with van der Waals surface area (Å²) >= 11 is 5.96. The highest BCUT2D eigenvalue weighted by molar-refractivity contribution is 6.33. The minimum atomic E-state index is 0.204. The van der Waals surface area contributed by atoms with Crippen LogP contribution < -0.4 is 4.74 Å². The van der Waals surface area contributed by atoms with E-state index < -0.39 is 0 Å². The van der Waals surface area contributed by atoms with Crippen LogP contribution in [0.3, 0.4) is 0 Å². The van der Waals surface area contributed by atoms with Crippen molar-refractivity contribution in [2.75, 3.05) is 0 Å². The number of halogens is 1. The Hall–Kier alpha value is -2.12. The lowest BCUT2D eigenvalue weighted by Gasteiger charge is -2.06. The summed E-state index contributed by atoms with van der Waals surface area (Å²) in [6.45, 7) is 1.88. The summed E-state index contributed by atoms with van der Waals surface area (Å²) in [5.41, 5.74) is 1.22. The Kier molecular flexibility index (Phi) is 3.22. The predicted octanol–water partition coefficient (Wildman–Crippen LogP) is 3.10. The molecule has 17 heavy (non-hydrogen) atoms. The molecule has 0 aliphatic carbocycles. The maximum absolute atomic E-state index is 8.82. The van der Waals surface area contributed by atoms with Gasteiger partial charge in [-0.2, -0.15) is 5.26 Å². The lowest BCUT2D eigenvalue weighted by Crippen LogP contribution is -1.92. The maximum atomic E-state index is 8.82. The van der Waals surface area contributed by atoms with Gasteiger partial charge in [0.15, 0.2) is 0 Å². The van der Waals surface area contributed by atoms with Gasteiger partial charge in [-0.05, 0) is 25.1 Å². The molecular formula is C12H8ClN3O. The summed E-state index contributed by atoms with van der Waals surface area (Å²) in [6.07, 6.45) is 3.05. The Morgan fingerprint density at radius 2 is 2.12 bits per heavy atom. The Morgan fingerprint density at radius 1 is 1.29 bits per heavy atom. The van der Waals surface area contributed by atoms with E-state index in [4.69, 9.17) is 21.6 Å². The van der Waals surface area contributed by atoms with Gasteiger partial charge in [0.2, 0.25) is 5.88 Å². The van der Waals surface area contributed by atoms with Crippen LogP contribution in [0.5, 0.6) is 11.6 Å². The molecular weight excluding hydrogens is 238 g/mol. The van der Waals surface area contributed by atoms with Crippen molar-refractivity contribution in [2.24, 2.45) is 0 Å². The van der Waals surface area contributed by atoms with Crippen LogP contribution in [0.25, 0.3) is 0 Å². The number of pyridine rings is 2. The van der Waals surface area contributed by atoms with Gasteiger partial charge in [-0.25, -0.2) is 4.98 Å². The molecule has 0 unspecified atom stereocenters. The van der Waals surface area contributed by atoms with Gasteiger partial charge in [-0.1, -0.05) is 11.6 Å². The van der Waals surface area contributed by atoms with Gasteiger partial charge in [0.25, 0.3) is 0 Å². The van der Waals surface area contributed by atoms with E-state index in [1.807, 2.05) is 19.1 Å². The molecule has 4 nitrogen and oxygen atoms in total. The molecule has 2 aromatic rings. The van der Waals surface area contributed by atoms with E-state index in [-0.39, 0.29) is 10.9 Å². The summed E-state index contributed by atoms with van der Waals surface area (Å²) < 4.78 is 5.45. The number of aryl methyl sites for hydroxylation is 1. The summed E-state index contributed by atoms with van der Waals surface area (Å²) in [5.74, 6) is 0.733. The monoisotopic (exact) mass is 245 g/mol. The number of nitriles is 1. The first-order chi connectivity index (χ1) is 8.20. The minimum Gasteiger partial charge on any atom is -0.436 e. The number of aromatic nitrogens is 2. The van der Waals surface area contributed by atoms with Crippen molar-refractivity contribution in [3.63, 3.8) is 0 Å². The molecule has 2 heterocycles. The molecule has 5 heteroatoms. The van der Waals surface area contributed by atoms with Crippen molar-refractivity contribution in [2.45, 2.75) is 6.92 Å². The van der Waals surface area contributed by atoms with E-state index in [1.54, 1.807) is 12.3 Å². The topological polar surface area (TPSA) is 58.8 Å². The lowest BCUT2D eigenvalue weighted by molar-refractivity contribution is 0.460. The van der Waals surface area contributed by atoms with Gasteiger partial charge >= 0.3 is 0 Å². The number of ether oxygens (including phenoxy) is 1. The first-order valence-corrected chi connectivity index (χ1v) is 5.23. The molecule has 0 amide bonds. The van der Waals surface area contributed by atoms with Crippen molar-refractivity contribution in [3.8, 4) is 17.7 Å². The van der Waals surface area contributed by atoms with Crippen LogP contribution in [0, 0.1) is 18.3 Å². The van der Waals surface area contributed by atoms with Crippen LogP contribution in [0.1, 0.15) is 11.3 Å². The average Bonchev–Trinajstić information content (AvgIpc) is 2.35. The molecule has 0 aromatic carbocycles. The quantitative estimate of drug-likeness (QED) is 0.816. The number of rotatable bonds is 2. The maximum Gasteiger partial charge on any atom is 0.239 e. The van der Waals surface area contributed by atoms with Crippen LogP contribution in [0.2, 0.25) is 5.02 Å². The van der Waals surface area contributed by atoms with Crippen molar-refractivity contribution in [1.29, 1.82) is 5.26 Å². The van der Waals surface area contributed by atoms with Crippen LogP contribution in [-0.4, -0.2) is 9.97 Å². The van der Waals surface area contributed by atoms with E-state index in [2.05, 4.69) is 9.97 Å². The number of hydrogen-bond acceptors (Lipinski definition) is 4. The fraction of sp³-hybridized carbons (Fsp3) is 0.0833. The van der Waals surface area contributed by atoms with E-state index in [9.17, 15) is 0 Å². The normalized spacial score (nSPS) is 9.71. The first kappa shape index (κ1) is 11.4. The highest BCUT2D eigenvalue weighted by Gasteiger charge is 2.09.